The van der Waals surface area contributed by atoms with Gasteiger partial charge < -0.3 is 0 Å². The Morgan fingerprint density at radius 3 is 1.95 bits per heavy atom. The normalized spacial score (nSPS) is 16.2. The Kier molecular flexibility index (Phi) is 5.94. The van der Waals surface area contributed by atoms with Gasteiger partial charge in [-0.25, -0.2) is 4.79 Å². The number of hydrogen-bond acceptors (Lipinski definition) is 1. The van der Waals surface area contributed by atoms with Crippen LogP contribution < -0.4 is 5.69 Å². The fraction of sp³-hybridized carbons (Fsp3) is 0.125. The Morgan fingerprint density at radius 1 is 0.698 bits per heavy atom. The van der Waals surface area contributed by atoms with Crippen molar-refractivity contribution in [3.63, 3.8) is 0 Å². The van der Waals surface area contributed by atoms with Crippen molar-refractivity contribution in [1.29, 1.82) is 0 Å². The van der Waals surface area contributed by atoms with E-state index in [2.05, 4.69) is 123 Å². The average molecular weight is 557 g/mol. The van der Waals surface area contributed by atoms with Gasteiger partial charge in [0.1, 0.15) is 0 Å². The van der Waals surface area contributed by atoms with Gasteiger partial charge in [0.25, 0.3) is 0 Å². The van der Waals surface area contributed by atoms with Crippen LogP contribution in [0.2, 0.25) is 0 Å². The van der Waals surface area contributed by atoms with Crippen LogP contribution in [0.5, 0.6) is 0 Å². The molecule has 3 nitrogen and oxygen atoms in total. The molecule has 0 saturated carbocycles. The maximum Gasteiger partial charge on any atom is 0.333 e. The van der Waals surface area contributed by atoms with Crippen molar-refractivity contribution < 1.29 is 0 Å². The van der Waals surface area contributed by atoms with Gasteiger partial charge in [-0.05, 0) is 93.9 Å². The minimum absolute atomic E-state index is 0.00961. The van der Waals surface area contributed by atoms with Gasteiger partial charge in [-0.1, -0.05) is 109 Å². The van der Waals surface area contributed by atoms with Crippen LogP contribution in [-0.2, 0) is 0 Å². The summed E-state index contributed by atoms with van der Waals surface area (Å²) in [5, 5.41) is 4.98. The fourth-order valence-electron chi connectivity index (χ4n) is 7.08. The molecule has 2 aliphatic carbocycles. The number of allylic oxidation sites excluding steroid dienone is 8. The molecule has 3 heteroatoms. The van der Waals surface area contributed by atoms with E-state index < -0.39 is 0 Å². The summed E-state index contributed by atoms with van der Waals surface area (Å²) in [7, 11) is 0. The second-order valence-corrected chi connectivity index (χ2v) is 11.8. The number of para-hydroxylation sites is 2. The SMILES string of the molecule is CC(C)n1c(=O)n(-c2ccc(-c3c4ccccc4c(C4=CCC5C=CC=CC5=C4)c4ccccc34)cc2)c2ccccc21. The van der Waals surface area contributed by atoms with Crippen molar-refractivity contribution in [2.24, 2.45) is 5.92 Å². The highest BCUT2D eigenvalue weighted by Gasteiger charge is 2.22. The van der Waals surface area contributed by atoms with Gasteiger partial charge in [-0.15, -0.1) is 0 Å². The molecule has 43 heavy (non-hydrogen) atoms. The van der Waals surface area contributed by atoms with E-state index in [4.69, 9.17) is 0 Å². The van der Waals surface area contributed by atoms with E-state index in [9.17, 15) is 4.79 Å². The van der Waals surface area contributed by atoms with E-state index in [0.717, 1.165) is 28.7 Å². The van der Waals surface area contributed by atoms with Crippen molar-refractivity contribution in [3.05, 3.63) is 155 Å². The Balaban J connectivity index is 1.32. The molecule has 0 saturated heterocycles. The predicted octanol–water partition coefficient (Wildman–Crippen LogP) is 9.80. The summed E-state index contributed by atoms with van der Waals surface area (Å²) in [4.78, 5) is 13.6. The number of hydrogen-bond donors (Lipinski definition) is 0. The van der Waals surface area contributed by atoms with Crippen LogP contribution in [0.1, 0.15) is 31.9 Å². The summed E-state index contributed by atoms with van der Waals surface area (Å²) in [5.41, 5.74) is 9.08. The monoisotopic (exact) mass is 556 g/mol. The standard InChI is InChI=1S/C40H32N2O/c1-26(2)41-36-17-9-10-18-37(36)42(40(41)43)31-23-21-28(22-24-31)38-32-13-5-7-15-34(32)39(35-16-8-6-14-33(35)38)30-20-19-27-11-3-4-12-29(27)25-30/h3-18,20-27H,19H2,1-2H3. The second-order valence-electron chi connectivity index (χ2n) is 11.8. The molecule has 0 aliphatic heterocycles. The Morgan fingerprint density at radius 2 is 1.30 bits per heavy atom. The highest BCUT2D eigenvalue weighted by Crippen LogP contribution is 2.44. The molecule has 0 spiro atoms. The molecule has 5 aromatic carbocycles. The van der Waals surface area contributed by atoms with E-state index in [-0.39, 0.29) is 11.7 Å². The molecule has 1 aromatic heterocycles. The minimum atomic E-state index is -0.00961. The number of rotatable bonds is 4. The number of nitrogens with zero attached hydrogens (tertiary/aromatic N) is 2. The van der Waals surface area contributed by atoms with Gasteiger partial charge in [0, 0.05) is 12.0 Å². The van der Waals surface area contributed by atoms with Gasteiger partial charge in [0.2, 0.25) is 0 Å². The summed E-state index contributed by atoms with van der Waals surface area (Å²) in [5.74, 6) is 0.464. The molecule has 0 amide bonds. The van der Waals surface area contributed by atoms with Crippen molar-refractivity contribution >= 4 is 38.2 Å². The first-order valence-electron chi connectivity index (χ1n) is 15.1. The van der Waals surface area contributed by atoms with Gasteiger partial charge in [-0.3, -0.25) is 9.13 Å². The van der Waals surface area contributed by atoms with Gasteiger partial charge in [0.05, 0.1) is 16.7 Å². The van der Waals surface area contributed by atoms with Crippen LogP contribution in [0.3, 0.4) is 0 Å². The van der Waals surface area contributed by atoms with E-state index in [0.29, 0.717) is 5.92 Å². The predicted molar refractivity (Wildman–Crippen MR) is 181 cm³/mol. The number of benzene rings is 5. The van der Waals surface area contributed by atoms with Crippen LogP contribution in [0, 0.1) is 5.92 Å². The quantitative estimate of drug-likeness (QED) is 0.199. The summed E-state index contributed by atoms with van der Waals surface area (Å²) < 4.78 is 3.71. The Hall–Kier alpha value is -5.15. The maximum absolute atomic E-state index is 13.6. The lowest BCUT2D eigenvalue weighted by atomic mass is 9.80. The lowest BCUT2D eigenvalue weighted by Crippen LogP contribution is -2.24. The highest BCUT2D eigenvalue weighted by molar-refractivity contribution is 6.19. The van der Waals surface area contributed by atoms with Crippen LogP contribution >= 0.6 is 0 Å². The molecule has 2 aliphatic rings. The topological polar surface area (TPSA) is 26.9 Å². The van der Waals surface area contributed by atoms with E-state index in [1.165, 1.54) is 43.8 Å². The molecule has 1 heterocycles. The van der Waals surface area contributed by atoms with Crippen LogP contribution in [0.15, 0.2) is 144 Å². The zero-order valence-electron chi connectivity index (χ0n) is 24.4. The molecule has 8 rings (SSSR count). The van der Waals surface area contributed by atoms with Crippen LogP contribution in [-0.4, -0.2) is 9.13 Å². The summed E-state index contributed by atoms with van der Waals surface area (Å²) in [6, 6.07) is 34.2. The highest BCUT2D eigenvalue weighted by atomic mass is 16.1. The summed E-state index contributed by atoms with van der Waals surface area (Å²) in [6.07, 6.45) is 14.7. The molecule has 0 radical (unpaired) electrons. The first kappa shape index (κ1) is 25.6. The lowest BCUT2D eigenvalue weighted by Gasteiger charge is -2.24. The van der Waals surface area contributed by atoms with Crippen molar-refractivity contribution in [2.75, 3.05) is 0 Å². The van der Waals surface area contributed by atoms with E-state index in [1.54, 1.807) is 0 Å². The maximum atomic E-state index is 13.6. The van der Waals surface area contributed by atoms with Gasteiger partial charge in [-0.2, -0.15) is 0 Å². The average Bonchev–Trinajstić information content (AvgIpc) is 3.35. The molecular weight excluding hydrogens is 524 g/mol. The fourth-order valence-corrected chi connectivity index (χ4v) is 7.08. The molecule has 0 bridgehead atoms. The van der Waals surface area contributed by atoms with Crippen LogP contribution in [0.4, 0.5) is 0 Å². The minimum Gasteiger partial charge on any atom is -0.289 e. The Labute approximate surface area is 251 Å². The number of fused-ring (bicyclic) bond motifs is 4. The van der Waals surface area contributed by atoms with Crippen molar-refractivity contribution in [3.8, 4) is 16.8 Å². The largest absolute Gasteiger partial charge is 0.333 e. The summed E-state index contributed by atoms with van der Waals surface area (Å²) >= 11 is 0. The number of aromatic nitrogens is 2. The van der Waals surface area contributed by atoms with Gasteiger partial charge in [0.15, 0.2) is 0 Å². The van der Waals surface area contributed by atoms with E-state index >= 15 is 0 Å². The molecular formula is C40H32N2O. The Bertz CT molecular complexity index is 2190. The lowest BCUT2D eigenvalue weighted by molar-refractivity contribution is 0.590. The molecule has 0 N–H and O–H groups in total. The number of imidazole rings is 1. The zero-order valence-corrected chi connectivity index (χ0v) is 24.4. The second kappa shape index (κ2) is 9.99. The third-order valence-electron chi connectivity index (χ3n) is 9.02. The van der Waals surface area contributed by atoms with Crippen LogP contribution in [0.25, 0.3) is 55.0 Å². The van der Waals surface area contributed by atoms with Crippen molar-refractivity contribution in [1.82, 2.24) is 9.13 Å². The first-order chi connectivity index (χ1) is 21.1. The zero-order chi connectivity index (χ0) is 29.1. The summed E-state index contributed by atoms with van der Waals surface area (Å²) in [6.45, 7) is 4.12. The molecule has 1 unspecified atom stereocenters. The molecule has 0 fully saturated rings. The third kappa shape index (κ3) is 3.99. The van der Waals surface area contributed by atoms with E-state index in [1.807, 2.05) is 33.4 Å². The van der Waals surface area contributed by atoms with Crippen molar-refractivity contribution in [2.45, 2.75) is 26.3 Å². The molecule has 1 atom stereocenters. The molecule has 6 aromatic rings. The van der Waals surface area contributed by atoms with Gasteiger partial charge >= 0.3 is 5.69 Å². The first-order valence-corrected chi connectivity index (χ1v) is 15.1. The molecule has 208 valence electrons. The third-order valence-corrected chi connectivity index (χ3v) is 9.02. The smallest absolute Gasteiger partial charge is 0.289 e.